The van der Waals surface area contributed by atoms with Crippen LogP contribution < -0.4 is 5.32 Å². The van der Waals surface area contributed by atoms with Crippen molar-refractivity contribution in [1.82, 2.24) is 10.2 Å². The number of likely N-dealkylation sites (N-methyl/N-ethyl adjacent to an activating group) is 1. The second-order valence-corrected chi connectivity index (χ2v) is 4.81. The van der Waals surface area contributed by atoms with Crippen molar-refractivity contribution in [2.45, 2.75) is 57.0 Å². The van der Waals surface area contributed by atoms with Gasteiger partial charge in [0.15, 0.2) is 0 Å². The lowest BCUT2D eigenvalue weighted by Gasteiger charge is -2.30. The van der Waals surface area contributed by atoms with Gasteiger partial charge in [-0.2, -0.15) is 0 Å². The molecular formula is C12H22N2O. The maximum atomic E-state index is 12.2. The van der Waals surface area contributed by atoms with Gasteiger partial charge in [-0.3, -0.25) is 4.79 Å². The molecule has 2 rings (SSSR count). The predicted octanol–water partition coefficient (Wildman–Crippen LogP) is 1.53. The molecule has 0 aromatic heterocycles. The number of amides is 1. The van der Waals surface area contributed by atoms with Gasteiger partial charge >= 0.3 is 0 Å². The summed E-state index contributed by atoms with van der Waals surface area (Å²) in [4.78, 5) is 14.4. The van der Waals surface area contributed by atoms with Gasteiger partial charge in [-0.05, 0) is 39.2 Å². The van der Waals surface area contributed by atoms with Gasteiger partial charge in [-0.15, -0.1) is 0 Å². The van der Waals surface area contributed by atoms with Crippen LogP contribution in [0, 0.1) is 0 Å². The normalized spacial score (nSPS) is 29.5. The van der Waals surface area contributed by atoms with Crippen LogP contribution in [0.3, 0.4) is 0 Å². The minimum atomic E-state index is 0.0769. The van der Waals surface area contributed by atoms with Crippen molar-refractivity contribution in [2.75, 3.05) is 13.6 Å². The van der Waals surface area contributed by atoms with E-state index >= 15 is 0 Å². The molecule has 0 aromatic rings. The molecule has 1 N–H and O–H groups in total. The molecule has 1 atom stereocenters. The zero-order chi connectivity index (χ0) is 10.7. The van der Waals surface area contributed by atoms with Gasteiger partial charge in [0.2, 0.25) is 5.91 Å². The summed E-state index contributed by atoms with van der Waals surface area (Å²) < 4.78 is 0. The Hall–Kier alpha value is -0.570. The zero-order valence-corrected chi connectivity index (χ0v) is 9.67. The number of hydrogen-bond acceptors (Lipinski definition) is 2. The second-order valence-electron chi connectivity index (χ2n) is 4.81. The summed E-state index contributed by atoms with van der Waals surface area (Å²) in [6.45, 7) is 0.988. The minimum absolute atomic E-state index is 0.0769. The first-order valence-corrected chi connectivity index (χ1v) is 6.30. The topological polar surface area (TPSA) is 32.3 Å². The third kappa shape index (κ3) is 2.33. The molecule has 1 aliphatic carbocycles. The van der Waals surface area contributed by atoms with Crippen LogP contribution in [0.15, 0.2) is 0 Å². The SMILES string of the molecule is CNC1CCCCN(C2CCCC2)C1=O. The monoisotopic (exact) mass is 210 g/mol. The average Bonchev–Trinajstić information content (AvgIpc) is 2.70. The fraction of sp³-hybridized carbons (Fsp3) is 0.917. The molecule has 1 aliphatic heterocycles. The lowest BCUT2D eigenvalue weighted by Crippen LogP contribution is -2.47. The largest absolute Gasteiger partial charge is 0.338 e. The number of likely N-dealkylation sites (tertiary alicyclic amines) is 1. The lowest BCUT2D eigenvalue weighted by molar-refractivity contribution is -0.134. The number of rotatable bonds is 2. The summed E-state index contributed by atoms with van der Waals surface area (Å²) in [5, 5.41) is 3.16. The Labute approximate surface area is 92.2 Å². The van der Waals surface area contributed by atoms with Crippen LogP contribution in [-0.2, 0) is 4.79 Å². The Morgan fingerprint density at radius 1 is 1.13 bits per heavy atom. The maximum Gasteiger partial charge on any atom is 0.239 e. The van der Waals surface area contributed by atoms with E-state index in [9.17, 15) is 4.79 Å². The van der Waals surface area contributed by atoms with Crippen molar-refractivity contribution in [2.24, 2.45) is 0 Å². The molecule has 0 aromatic carbocycles. The van der Waals surface area contributed by atoms with E-state index in [1.54, 1.807) is 0 Å². The van der Waals surface area contributed by atoms with Gasteiger partial charge < -0.3 is 10.2 Å². The smallest absolute Gasteiger partial charge is 0.239 e. The quantitative estimate of drug-likeness (QED) is 0.749. The molecule has 3 heteroatoms. The molecule has 0 bridgehead atoms. The van der Waals surface area contributed by atoms with E-state index in [2.05, 4.69) is 10.2 Å². The number of hydrogen-bond donors (Lipinski definition) is 1. The van der Waals surface area contributed by atoms with Crippen molar-refractivity contribution < 1.29 is 4.79 Å². The number of carbonyl (C=O) groups excluding carboxylic acids is 1. The Kier molecular flexibility index (Phi) is 3.62. The van der Waals surface area contributed by atoms with E-state index < -0.39 is 0 Å². The van der Waals surface area contributed by atoms with Crippen LogP contribution in [0.25, 0.3) is 0 Å². The van der Waals surface area contributed by atoms with E-state index in [0.29, 0.717) is 11.9 Å². The summed E-state index contributed by atoms with van der Waals surface area (Å²) >= 11 is 0. The van der Waals surface area contributed by atoms with E-state index in [0.717, 1.165) is 13.0 Å². The highest BCUT2D eigenvalue weighted by atomic mass is 16.2. The van der Waals surface area contributed by atoms with Crippen molar-refractivity contribution in [3.05, 3.63) is 0 Å². The van der Waals surface area contributed by atoms with Gasteiger partial charge in [0, 0.05) is 12.6 Å². The number of nitrogens with zero attached hydrogens (tertiary/aromatic N) is 1. The number of nitrogens with one attached hydrogen (secondary N) is 1. The third-order valence-electron chi connectivity index (χ3n) is 3.84. The van der Waals surface area contributed by atoms with Gasteiger partial charge in [0.05, 0.1) is 6.04 Å². The average molecular weight is 210 g/mol. The molecule has 1 saturated carbocycles. The highest BCUT2D eigenvalue weighted by Crippen LogP contribution is 2.26. The first-order valence-electron chi connectivity index (χ1n) is 6.30. The minimum Gasteiger partial charge on any atom is -0.338 e. The van der Waals surface area contributed by atoms with E-state index in [-0.39, 0.29) is 6.04 Å². The summed E-state index contributed by atoms with van der Waals surface area (Å²) in [5.41, 5.74) is 0. The zero-order valence-electron chi connectivity index (χ0n) is 9.67. The fourth-order valence-corrected chi connectivity index (χ4v) is 2.91. The molecule has 1 amide bonds. The predicted molar refractivity (Wildman–Crippen MR) is 60.7 cm³/mol. The van der Waals surface area contributed by atoms with Crippen LogP contribution in [-0.4, -0.2) is 36.5 Å². The highest BCUT2D eigenvalue weighted by molar-refractivity contribution is 5.82. The Bertz CT molecular complexity index is 224. The first kappa shape index (κ1) is 10.9. The molecule has 2 fully saturated rings. The third-order valence-corrected chi connectivity index (χ3v) is 3.84. The fourth-order valence-electron chi connectivity index (χ4n) is 2.91. The lowest BCUT2D eigenvalue weighted by atomic mass is 10.1. The summed E-state index contributed by atoms with van der Waals surface area (Å²) in [5.74, 6) is 0.349. The highest BCUT2D eigenvalue weighted by Gasteiger charge is 2.31. The van der Waals surface area contributed by atoms with Crippen molar-refractivity contribution in [3.63, 3.8) is 0 Å². The summed E-state index contributed by atoms with van der Waals surface area (Å²) in [6, 6.07) is 0.625. The molecule has 0 radical (unpaired) electrons. The Morgan fingerprint density at radius 2 is 1.80 bits per heavy atom. The van der Waals surface area contributed by atoms with Crippen LogP contribution in [0.1, 0.15) is 44.9 Å². The summed E-state index contributed by atoms with van der Waals surface area (Å²) in [6.07, 6.45) is 8.43. The first-order chi connectivity index (χ1) is 7.33. The van der Waals surface area contributed by atoms with E-state index in [1.165, 1.54) is 38.5 Å². The van der Waals surface area contributed by atoms with Crippen LogP contribution in [0.5, 0.6) is 0 Å². The van der Waals surface area contributed by atoms with E-state index in [1.807, 2.05) is 7.05 Å². The molecule has 0 spiro atoms. The van der Waals surface area contributed by atoms with Crippen LogP contribution >= 0.6 is 0 Å². The van der Waals surface area contributed by atoms with E-state index in [4.69, 9.17) is 0 Å². The van der Waals surface area contributed by atoms with Gasteiger partial charge in [-0.1, -0.05) is 12.8 Å². The molecule has 2 aliphatic rings. The molecule has 15 heavy (non-hydrogen) atoms. The standard InChI is InChI=1S/C12H22N2O/c1-13-11-8-4-5-9-14(12(11)15)10-6-2-3-7-10/h10-11,13H,2-9H2,1H3. The van der Waals surface area contributed by atoms with Gasteiger partial charge in [-0.25, -0.2) is 0 Å². The second kappa shape index (κ2) is 4.97. The molecule has 1 heterocycles. The van der Waals surface area contributed by atoms with Crippen molar-refractivity contribution >= 4 is 5.91 Å². The van der Waals surface area contributed by atoms with Crippen LogP contribution in [0.2, 0.25) is 0 Å². The van der Waals surface area contributed by atoms with Crippen molar-refractivity contribution in [3.8, 4) is 0 Å². The molecule has 1 unspecified atom stereocenters. The number of carbonyl (C=O) groups is 1. The molecule has 1 saturated heterocycles. The maximum absolute atomic E-state index is 12.2. The molecule has 86 valence electrons. The molecule has 3 nitrogen and oxygen atoms in total. The molecular weight excluding hydrogens is 188 g/mol. The van der Waals surface area contributed by atoms with Crippen LogP contribution in [0.4, 0.5) is 0 Å². The van der Waals surface area contributed by atoms with Gasteiger partial charge in [0.1, 0.15) is 0 Å². The van der Waals surface area contributed by atoms with Gasteiger partial charge in [0.25, 0.3) is 0 Å². The summed E-state index contributed by atoms with van der Waals surface area (Å²) in [7, 11) is 1.90. The Balaban J connectivity index is 2.03. The Morgan fingerprint density at radius 3 is 2.47 bits per heavy atom. The van der Waals surface area contributed by atoms with Crippen molar-refractivity contribution in [1.29, 1.82) is 0 Å².